The van der Waals surface area contributed by atoms with Gasteiger partial charge in [0.1, 0.15) is 5.82 Å². The molecule has 0 bridgehead atoms. The molecule has 1 heterocycles. The fourth-order valence-corrected chi connectivity index (χ4v) is 2.54. The molecular formula is C17H12Cl2FN3O2. The molecule has 0 aliphatic carbocycles. The van der Waals surface area contributed by atoms with Crippen LogP contribution in [-0.4, -0.2) is 16.1 Å². The van der Waals surface area contributed by atoms with Crippen LogP contribution in [0.4, 0.5) is 10.1 Å². The summed E-state index contributed by atoms with van der Waals surface area (Å²) in [6.45, 7) is 0. The molecule has 8 heteroatoms. The van der Waals surface area contributed by atoms with Gasteiger partial charge in [-0.15, -0.1) is 10.2 Å². The van der Waals surface area contributed by atoms with Crippen molar-refractivity contribution >= 4 is 34.8 Å². The summed E-state index contributed by atoms with van der Waals surface area (Å²) in [6, 6.07) is 10.5. The van der Waals surface area contributed by atoms with Gasteiger partial charge in [-0.1, -0.05) is 23.2 Å². The molecule has 0 saturated heterocycles. The van der Waals surface area contributed by atoms with E-state index in [0.717, 1.165) is 0 Å². The Balaban J connectivity index is 1.58. The minimum absolute atomic E-state index is 0.143. The van der Waals surface area contributed by atoms with E-state index in [1.807, 2.05) is 0 Å². The number of benzene rings is 2. The highest BCUT2D eigenvalue weighted by Crippen LogP contribution is 2.25. The molecule has 5 nitrogen and oxygen atoms in total. The molecule has 0 fully saturated rings. The summed E-state index contributed by atoms with van der Waals surface area (Å²) in [5, 5.41) is 11.3. The van der Waals surface area contributed by atoms with Crippen molar-refractivity contribution < 1.29 is 13.6 Å². The van der Waals surface area contributed by atoms with Crippen LogP contribution < -0.4 is 5.32 Å². The van der Waals surface area contributed by atoms with Gasteiger partial charge < -0.3 is 9.73 Å². The topological polar surface area (TPSA) is 68.0 Å². The monoisotopic (exact) mass is 379 g/mol. The van der Waals surface area contributed by atoms with Crippen LogP contribution in [0.15, 0.2) is 46.9 Å². The van der Waals surface area contributed by atoms with Gasteiger partial charge >= 0.3 is 0 Å². The first-order valence-electron chi connectivity index (χ1n) is 7.34. The third kappa shape index (κ3) is 4.55. The number of aryl methyl sites for hydroxylation is 1. The van der Waals surface area contributed by atoms with Crippen molar-refractivity contribution in [3.8, 4) is 11.5 Å². The van der Waals surface area contributed by atoms with Crippen LogP contribution in [0.3, 0.4) is 0 Å². The van der Waals surface area contributed by atoms with E-state index in [2.05, 4.69) is 15.5 Å². The minimum atomic E-state index is -0.346. The quantitative estimate of drug-likeness (QED) is 0.694. The average Bonchev–Trinajstić information content (AvgIpc) is 3.05. The molecule has 1 amide bonds. The van der Waals surface area contributed by atoms with Crippen LogP contribution in [0.2, 0.25) is 10.0 Å². The van der Waals surface area contributed by atoms with Gasteiger partial charge in [0.15, 0.2) is 0 Å². The summed E-state index contributed by atoms with van der Waals surface area (Å²) in [5.74, 6) is -0.000364. The van der Waals surface area contributed by atoms with E-state index < -0.39 is 0 Å². The van der Waals surface area contributed by atoms with Gasteiger partial charge in [-0.3, -0.25) is 4.79 Å². The van der Waals surface area contributed by atoms with Gasteiger partial charge in [-0.2, -0.15) is 0 Å². The number of aromatic nitrogens is 2. The number of carbonyl (C=O) groups is 1. The zero-order chi connectivity index (χ0) is 17.8. The van der Waals surface area contributed by atoms with E-state index in [0.29, 0.717) is 27.2 Å². The Morgan fingerprint density at radius 3 is 2.60 bits per heavy atom. The summed E-state index contributed by atoms with van der Waals surface area (Å²) in [5.41, 5.74) is 1.09. The lowest BCUT2D eigenvalue weighted by atomic mass is 10.2. The molecule has 1 aromatic heterocycles. The van der Waals surface area contributed by atoms with E-state index in [1.165, 1.54) is 12.1 Å². The maximum absolute atomic E-state index is 12.9. The zero-order valence-electron chi connectivity index (χ0n) is 12.8. The first-order valence-corrected chi connectivity index (χ1v) is 8.10. The maximum atomic E-state index is 12.9. The number of carbonyl (C=O) groups excluding carboxylic acids is 1. The van der Waals surface area contributed by atoms with Crippen LogP contribution in [-0.2, 0) is 11.2 Å². The van der Waals surface area contributed by atoms with Gasteiger partial charge in [0.05, 0.1) is 10.7 Å². The molecule has 0 saturated carbocycles. The van der Waals surface area contributed by atoms with Crippen molar-refractivity contribution in [3.05, 3.63) is 64.2 Å². The minimum Gasteiger partial charge on any atom is -0.421 e. The standard InChI is InChI=1S/C17H12Cl2FN3O2/c18-11-3-6-14(13(19)9-11)21-15(24)7-8-16-22-23-17(25-16)10-1-4-12(20)5-2-10/h1-6,9H,7-8H2,(H,21,24). The Bertz CT molecular complexity index is 897. The van der Waals surface area contributed by atoms with Crippen LogP contribution in [0, 0.1) is 5.82 Å². The Labute approximate surface area is 152 Å². The highest BCUT2D eigenvalue weighted by molar-refractivity contribution is 6.36. The van der Waals surface area contributed by atoms with Crippen LogP contribution in [0.5, 0.6) is 0 Å². The SMILES string of the molecule is O=C(CCc1nnc(-c2ccc(F)cc2)o1)Nc1ccc(Cl)cc1Cl. The summed E-state index contributed by atoms with van der Waals surface area (Å²) in [6.07, 6.45) is 0.412. The lowest BCUT2D eigenvalue weighted by Crippen LogP contribution is -2.12. The lowest BCUT2D eigenvalue weighted by molar-refractivity contribution is -0.116. The van der Waals surface area contributed by atoms with Gasteiger partial charge in [-0.05, 0) is 42.5 Å². The lowest BCUT2D eigenvalue weighted by Gasteiger charge is -2.06. The van der Waals surface area contributed by atoms with Gasteiger partial charge in [-0.25, -0.2) is 4.39 Å². The number of anilines is 1. The smallest absolute Gasteiger partial charge is 0.247 e. The summed E-state index contributed by atoms with van der Waals surface area (Å²) in [7, 11) is 0. The molecule has 3 aromatic rings. The Morgan fingerprint density at radius 2 is 1.88 bits per heavy atom. The zero-order valence-corrected chi connectivity index (χ0v) is 14.3. The molecule has 0 radical (unpaired) electrons. The fourth-order valence-electron chi connectivity index (χ4n) is 2.09. The summed E-state index contributed by atoms with van der Waals surface area (Å²) < 4.78 is 18.4. The molecule has 0 atom stereocenters. The average molecular weight is 380 g/mol. The number of nitrogens with one attached hydrogen (secondary N) is 1. The van der Waals surface area contributed by atoms with Crippen LogP contribution in [0.1, 0.15) is 12.3 Å². The van der Waals surface area contributed by atoms with Crippen LogP contribution >= 0.6 is 23.2 Å². The molecule has 0 spiro atoms. The molecule has 2 aromatic carbocycles. The molecule has 0 unspecified atom stereocenters. The largest absolute Gasteiger partial charge is 0.421 e. The fraction of sp³-hybridized carbons (Fsp3) is 0.118. The molecule has 25 heavy (non-hydrogen) atoms. The van der Waals surface area contributed by atoms with Crippen molar-refractivity contribution in [3.63, 3.8) is 0 Å². The molecule has 128 valence electrons. The summed E-state index contributed by atoms with van der Waals surface area (Å²) in [4.78, 5) is 12.0. The van der Waals surface area contributed by atoms with Crippen molar-refractivity contribution in [2.24, 2.45) is 0 Å². The third-order valence-electron chi connectivity index (χ3n) is 3.33. The maximum Gasteiger partial charge on any atom is 0.247 e. The van der Waals surface area contributed by atoms with Crippen molar-refractivity contribution in [1.29, 1.82) is 0 Å². The van der Waals surface area contributed by atoms with E-state index in [1.54, 1.807) is 30.3 Å². The first-order chi connectivity index (χ1) is 12.0. The van der Waals surface area contributed by atoms with Gasteiger partial charge in [0.25, 0.3) is 0 Å². The summed E-state index contributed by atoms with van der Waals surface area (Å²) >= 11 is 11.8. The second-order valence-corrected chi connectivity index (χ2v) is 6.02. The number of nitrogens with zero attached hydrogens (tertiary/aromatic N) is 2. The number of hydrogen-bond donors (Lipinski definition) is 1. The Hall–Kier alpha value is -2.44. The second kappa shape index (κ2) is 7.63. The normalized spacial score (nSPS) is 10.7. The number of amides is 1. The first kappa shape index (κ1) is 17.4. The predicted octanol–water partition coefficient (Wildman–Crippen LogP) is 4.75. The molecular weight excluding hydrogens is 368 g/mol. The van der Waals surface area contributed by atoms with E-state index in [9.17, 15) is 9.18 Å². The second-order valence-electron chi connectivity index (χ2n) is 5.18. The van der Waals surface area contributed by atoms with Crippen LogP contribution in [0.25, 0.3) is 11.5 Å². The van der Waals surface area contributed by atoms with Gasteiger partial charge in [0.2, 0.25) is 17.7 Å². The van der Waals surface area contributed by atoms with Gasteiger partial charge in [0, 0.05) is 23.4 Å². The Morgan fingerprint density at radius 1 is 1.12 bits per heavy atom. The van der Waals surface area contributed by atoms with Crippen molar-refractivity contribution in [2.75, 3.05) is 5.32 Å². The molecule has 3 rings (SSSR count). The number of rotatable bonds is 5. The Kier molecular flexibility index (Phi) is 5.31. The number of halogens is 3. The van der Waals surface area contributed by atoms with E-state index in [-0.39, 0.29) is 30.5 Å². The highest BCUT2D eigenvalue weighted by atomic mass is 35.5. The third-order valence-corrected chi connectivity index (χ3v) is 3.88. The van der Waals surface area contributed by atoms with Crippen molar-refractivity contribution in [2.45, 2.75) is 12.8 Å². The molecule has 1 N–H and O–H groups in total. The number of hydrogen-bond acceptors (Lipinski definition) is 4. The van der Waals surface area contributed by atoms with E-state index in [4.69, 9.17) is 27.6 Å². The molecule has 0 aliphatic heterocycles. The molecule has 0 aliphatic rings. The predicted molar refractivity (Wildman–Crippen MR) is 93.1 cm³/mol. The van der Waals surface area contributed by atoms with E-state index >= 15 is 0 Å². The van der Waals surface area contributed by atoms with Crippen molar-refractivity contribution in [1.82, 2.24) is 10.2 Å². The highest BCUT2D eigenvalue weighted by Gasteiger charge is 2.12.